The van der Waals surface area contributed by atoms with E-state index in [1.54, 1.807) is 18.3 Å². The quantitative estimate of drug-likeness (QED) is 0.206. The summed E-state index contributed by atoms with van der Waals surface area (Å²) < 4.78 is 0. The predicted molar refractivity (Wildman–Crippen MR) is 145 cm³/mol. The number of aliphatic carboxylic acids is 1. The number of aromatic nitrogens is 1. The number of anilines is 1. The number of pyridine rings is 1. The molecule has 0 bridgehead atoms. The van der Waals surface area contributed by atoms with E-state index in [0.29, 0.717) is 18.5 Å². The summed E-state index contributed by atoms with van der Waals surface area (Å²) in [5, 5.41) is 28.0. The van der Waals surface area contributed by atoms with Crippen LogP contribution in [0, 0.1) is 0 Å². The number of nitrogens with one attached hydrogen (secondary N) is 3. The zero-order valence-corrected chi connectivity index (χ0v) is 21.3. The number of aliphatic hydroxyl groups excluding tert-OH is 1. The van der Waals surface area contributed by atoms with Crippen molar-refractivity contribution < 1.29 is 24.6 Å². The van der Waals surface area contributed by atoms with Gasteiger partial charge in [-0.15, -0.1) is 0 Å². The maximum atomic E-state index is 13.0. The Hall–Kier alpha value is -4.24. The third-order valence-electron chi connectivity index (χ3n) is 6.00. The molecule has 3 atom stereocenters. The second-order valence-electron chi connectivity index (χ2n) is 9.03. The lowest BCUT2D eigenvalue weighted by Crippen LogP contribution is -2.53. The van der Waals surface area contributed by atoms with Gasteiger partial charge < -0.3 is 26.2 Å². The third-order valence-corrected chi connectivity index (χ3v) is 6.00. The zero-order chi connectivity index (χ0) is 27.3. The summed E-state index contributed by atoms with van der Waals surface area (Å²) in [4.78, 5) is 41.2. The molecule has 0 fully saturated rings. The van der Waals surface area contributed by atoms with Gasteiger partial charge in [0.15, 0.2) is 0 Å². The van der Waals surface area contributed by atoms with Crippen molar-refractivity contribution in [3.8, 4) is 11.1 Å². The van der Waals surface area contributed by atoms with Gasteiger partial charge in [-0.1, -0.05) is 60.7 Å². The van der Waals surface area contributed by atoms with Gasteiger partial charge in [-0.2, -0.15) is 0 Å². The van der Waals surface area contributed by atoms with Crippen molar-refractivity contribution >= 4 is 23.6 Å². The van der Waals surface area contributed by atoms with Crippen molar-refractivity contribution in [1.29, 1.82) is 0 Å². The molecule has 9 nitrogen and oxygen atoms in total. The Kier molecular flexibility index (Phi) is 10.8. The molecule has 38 heavy (non-hydrogen) atoms. The number of benzene rings is 2. The number of carbonyl (C=O) groups is 3. The summed E-state index contributed by atoms with van der Waals surface area (Å²) in [6, 6.07) is 20.5. The molecule has 3 rings (SSSR count). The lowest BCUT2D eigenvalue weighted by molar-refractivity contribution is -0.138. The van der Waals surface area contributed by atoms with Crippen LogP contribution in [0.15, 0.2) is 79.0 Å². The second kappa shape index (κ2) is 14.5. The van der Waals surface area contributed by atoms with E-state index in [4.69, 9.17) is 0 Å². The Morgan fingerprint density at radius 1 is 0.868 bits per heavy atom. The van der Waals surface area contributed by atoms with Crippen LogP contribution in [0.2, 0.25) is 0 Å². The van der Waals surface area contributed by atoms with Crippen LogP contribution in [0.1, 0.15) is 44.2 Å². The van der Waals surface area contributed by atoms with E-state index in [9.17, 15) is 24.6 Å². The number of nitrogens with zero attached hydrogens (tertiary/aromatic N) is 1. The van der Waals surface area contributed by atoms with Gasteiger partial charge in [0.25, 0.3) is 0 Å². The van der Waals surface area contributed by atoms with Crippen molar-refractivity contribution in [2.75, 3.05) is 11.9 Å². The fourth-order valence-corrected chi connectivity index (χ4v) is 3.97. The SMILES string of the molecule is CC(O)[C@@H](NC(=O)CCCCNc1ccccn1)C(=O)NC(CC(=O)O)c1ccc(-c2ccccc2)cc1. The van der Waals surface area contributed by atoms with Crippen molar-refractivity contribution in [3.63, 3.8) is 0 Å². The molecule has 0 aliphatic carbocycles. The molecule has 2 amide bonds. The van der Waals surface area contributed by atoms with Gasteiger partial charge in [0, 0.05) is 19.2 Å². The van der Waals surface area contributed by atoms with Crippen LogP contribution in [-0.2, 0) is 14.4 Å². The van der Waals surface area contributed by atoms with Crippen LogP contribution in [0.3, 0.4) is 0 Å². The average Bonchev–Trinajstić information content (AvgIpc) is 2.92. The Balaban J connectivity index is 1.55. The molecule has 0 aliphatic rings. The van der Waals surface area contributed by atoms with Gasteiger partial charge in [-0.3, -0.25) is 14.4 Å². The molecule has 0 aliphatic heterocycles. The molecule has 1 heterocycles. The van der Waals surface area contributed by atoms with E-state index in [0.717, 1.165) is 23.4 Å². The first-order chi connectivity index (χ1) is 18.3. The topological polar surface area (TPSA) is 141 Å². The van der Waals surface area contributed by atoms with Crippen molar-refractivity contribution in [2.24, 2.45) is 0 Å². The third kappa shape index (κ3) is 9.01. The molecule has 200 valence electrons. The molecule has 0 radical (unpaired) electrons. The molecule has 3 aromatic rings. The highest BCUT2D eigenvalue weighted by molar-refractivity contribution is 5.88. The minimum absolute atomic E-state index is 0.180. The number of hydrogen-bond donors (Lipinski definition) is 5. The van der Waals surface area contributed by atoms with E-state index in [-0.39, 0.29) is 18.7 Å². The van der Waals surface area contributed by atoms with Gasteiger partial charge in [0.2, 0.25) is 11.8 Å². The number of unbranched alkanes of at least 4 members (excludes halogenated alkanes) is 1. The van der Waals surface area contributed by atoms with E-state index >= 15 is 0 Å². The first kappa shape index (κ1) is 28.3. The van der Waals surface area contributed by atoms with Crippen molar-refractivity contribution in [2.45, 2.75) is 50.8 Å². The molecule has 1 aromatic heterocycles. The van der Waals surface area contributed by atoms with Crippen LogP contribution in [0.4, 0.5) is 5.82 Å². The second-order valence-corrected chi connectivity index (χ2v) is 9.03. The molecular formula is C29H34N4O5. The molecule has 0 saturated carbocycles. The molecule has 0 spiro atoms. The zero-order valence-electron chi connectivity index (χ0n) is 21.3. The van der Waals surface area contributed by atoms with E-state index in [1.807, 2.05) is 60.7 Å². The van der Waals surface area contributed by atoms with Gasteiger partial charge >= 0.3 is 5.97 Å². The highest BCUT2D eigenvalue weighted by Crippen LogP contribution is 2.23. The minimum atomic E-state index is -1.21. The van der Waals surface area contributed by atoms with Crippen molar-refractivity contribution in [3.05, 3.63) is 84.6 Å². The largest absolute Gasteiger partial charge is 0.481 e. The number of carbonyl (C=O) groups excluding carboxylic acids is 2. The van der Waals surface area contributed by atoms with Gasteiger partial charge in [0.05, 0.1) is 18.6 Å². The minimum Gasteiger partial charge on any atom is -0.481 e. The standard InChI is InChI=1S/C29H34N4O5/c1-20(34)28(33-26(35)12-6-8-18-31-25-11-5-7-17-30-25)29(38)32-24(19-27(36)37)23-15-13-22(14-16-23)21-9-3-2-4-10-21/h2-5,7,9-11,13-17,20,24,28,34H,6,8,12,18-19H2,1H3,(H,30,31)(H,32,38)(H,33,35)(H,36,37)/t20?,24?,28-/m1/s1. The molecular weight excluding hydrogens is 484 g/mol. The highest BCUT2D eigenvalue weighted by atomic mass is 16.4. The Labute approximate surface area is 222 Å². The number of aliphatic hydroxyl groups is 1. The molecule has 0 saturated heterocycles. The van der Waals surface area contributed by atoms with Gasteiger partial charge in [-0.25, -0.2) is 4.98 Å². The monoisotopic (exact) mass is 518 g/mol. The number of amides is 2. The van der Waals surface area contributed by atoms with Crippen LogP contribution < -0.4 is 16.0 Å². The van der Waals surface area contributed by atoms with Crippen molar-refractivity contribution in [1.82, 2.24) is 15.6 Å². The van der Waals surface area contributed by atoms with Crippen LogP contribution in [0.5, 0.6) is 0 Å². The summed E-state index contributed by atoms with van der Waals surface area (Å²) in [6.45, 7) is 2.05. The molecule has 9 heteroatoms. The Morgan fingerprint density at radius 2 is 1.55 bits per heavy atom. The molecule has 5 N–H and O–H groups in total. The Bertz CT molecular complexity index is 1170. The number of hydrogen-bond acceptors (Lipinski definition) is 6. The smallest absolute Gasteiger partial charge is 0.305 e. The number of rotatable bonds is 14. The van der Waals surface area contributed by atoms with E-state index < -0.39 is 30.1 Å². The predicted octanol–water partition coefficient (Wildman–Crippen LogP) is 3.53. The maximum absolute atomic E-state index is 13.0. The summed E-state index contributed by atoms with van der Waals surface area (Å²) >= 11 is 0. The summed E-state index contributed by atoms with van der Waals surface area (Å²) in [6.07, 6.45) is 1.65. The van der Waals surface area contributed by atoms with E-state index in [1.165, 1.54) is 6.92 Å². The lowest BCUT2D eigenvalue weighted by Gasteiger charge is -2.25. The number of carboxylic acid groups (broad SMARTS) is 1. The summed E-state index contributed by atoms with van der Waals surface area (Å²) in [7, 11) is 0. The summed E-state index contributed by atoms with van der Waals surface area (Å²) in [5.41, 5.74) is 2.58. The normalized spacial score (nSPS) is 13.1. The van der Waals surface area contributed by atoms with Crippen LogP contribution in [-0.4, -0.2) is 51.7 Å². The first-order valence-corrected chi connectivity index (χ1v) is 12.6. The maximum Gasteiger partial charge on any atom is 0.305 e. The average molecular weight is 519 g/mol. The van der Waals surface area contributed by atoms with Crippen LogP contribution >= 0.6 is 0 Å². The van der Waals surface area contributed by atoms with Crippen LogP contribution in [0.25, 0.3) is 11.1 Å². The number of carboxylic acids is 1. The fourth-order valence-electron chi connectivity index (χ4n) is 3.97. The highest BCUT2D eigenvalue weighted by Gasteiger charge is 2.28. The molecule has 2 aromatic carbocycles. The van der Waals surface area contributed by atoms with E-state index in [2.05, 4.69) is 20.9 Å². The van der Waals surface area contributed by atoms with Gasteiger partial charge in [0.1, 0.15) is 11.9 Å². The van der Waals surface area contributed by atoms with Gasteiger partial charge in [-0.05, 0) is 48.6 Å². The summed E-state index contributed by atoms with van der Waals surface area (Å²) in [5.74, 6) is -1.35. The molecule has 2 unspecified atom stereocenters. The fraction of sp³-hybridized carbons (Fsp3) is 0.310. The Morgan fingerprint density at radius 3 is 2.18 bits per heavy atom. The lowest BCUT2D eigenvalue weighted by atomic mass is 9.98. The first-order valence-electron chi connectivity index (χ1n) is 12.6.